The van der Waals surface area contributed by atoms with Crippen LogP contribution in [0.5, 0.6) is 0 Å². The third-order valence-corrected chi connectivity index (χ3v) is 22.9. The maximum absolute atomic E-state index is 12.9. The van der Waals surface area contributed by atoms with Crippen molar-refractivity contribution < 1.29 is 9.13 Å². The van der Waals surface area contributed by atoms with E-state index in [0.29, 0.717) is 10.6 Å². The minimum absolute atomic E-state index is 0.169. The number of hydrogen-bond acceptors (Lipinski definition) is 8. The van der Waals surface area contributed by atoms with Gasteiger partial charge in [0.15, 0.2) is 13.2 Å². The molecule has 2 aliphatic carbocycles. The summed E-state index contributed by atoms with van der Waals surface area (Å²) in [5, 5.41) is 1.34. The Bertz CT molecular complexity index is 3430. The van der Waals surface area contributed by atoms with E-state index in [1.807, 2.05) is 48.5 Å². The maximum Gasteiger partial charge on any atom is 0.198 e. The van der Waals surface area contributed by atoms with Gasteiger partial charge in [0.05, 0.1) is 0 Å². The van der Waals surface area contributed by atoms with Crippen LogP contribution in [0.4, 0.5) is 34.1 Å². The third-order valence-electron chi connectivity index (χ3n) is 13.1. The molecule has 0 saturated carbocycles. The first-order valence-electron chi connectivity index (χ1n) is 21.4. The van der Waals surface area contributed by atoms with Crippen molar-refractivity contribution in [1.29, 1.82) is 0 Å². The van der Waals surface area contributed by atoms with E-state index >= 15 is 0 Å². The molecule has 12 heteroatoms. The van der Waals surface area contributed by atoms with Crippen molar-refractivity contribution in [3.63, 3.8) is 0 Å². The first-order chi connectivity index (χ1) is 31.7. The highest BCUT2D eigenvalue weighted by Gasteiger charge is 2.37. The summed E-state index contributed by atoms with van der Waals surface area (Å²) in [4.78, 5) is 4.51. The van der Waals surface area contributed by atoms with Gasteiger partial charge in [-0.3, -0.25) is 9.13 Å². The fourth-order valence-electron chi connectivity index (χ4n) is 9.78. The lowest BCUT2D eigenvalue weighted by Crippen LogP contribution is -2.16. The van der Waals surface area contributed by atoms with E-state index in [2.05, 4.69) is 171 Å². The summed E-state index contributed by atoms with van der Waals surface area (Å²) in [6.45, 7) is 5.51. The van der Waals surface area contributed by atoms with Gasteiger partial charge in [0, 0.05) is 55.6 Å². The molecule has 8 aromatic carbocycles. The van der Waals surface area contributed by atoms with Crippen LogP contribution in [0.3, 0.4) is 0 Å². The minimum Gasteiger partial charge on any atom is -0.310 e. The molecule has 0 heterocycles. The second kappa shape index (κ2) is 17.5. The van der Waals surface area contributed by atoms with Crippen molar-refractivity contribution in [3.8, 4) is 33.4 Å². The number of benzene rings is 8. The minimum atomic E-state index is -1.83. The Morgan fingerprint density at radius 2 is 0.652 bits per heavy atom. The SMILES string of the molecule is CC1(C)c2ccccc2-c2ccc(N(c3ccc(-c4ccc(N(c5ccc(P(=O)=S(=S)=S)cc5)c5ccc6c(c5)C(C)(C)c5ccccc5-6)cc4)cc3)c3ccc(P(=O)=S(=S)=S)cc3)cc21. The summed E-state index contributed by atoms with van der Waals surface area (Å²) in [5.74, 6) is 0. The predicted molar refractivity (Wildman–Crippen MR) is 295 cm³/mol. The van der Waals surface area contributed by atoms with Crippen LogP contribution in [0.1, 0.15) is 49.9 Å². The summed E-state index contributed by atoms with van der Waals surface area (Å²) in [6, 6.07) is 63.8. The van der Waals surface area contributed by atoms with E-state index in [-0.39, 0.29) is 10.8 Å². The number of nitrogens with zero attached hydrogens (tertiary/aromatic N) is 2. The summed E-state index contributed by atoms with van der Waals surface area (Å²) < 4.78 is 25.9. The Balaban J connectivity index is 1.02. The van der Waals surface area contributed by atoms with Gasteiger partial charge >= 0.3 is 0 Å². The van der Waals surface area contributed by atoms with Gasteiger partial charge in [-0.1, -0.05) is 113 Å². The second-order valence-corrected chi connectivity index (χ2v) is 32.9. The lowest BCUT2D eigenvalue weighted by atomic mass is 9.82. The second-order valence-electron chi connectivity index (χ2n) is 17.5. The summed E-state index contributed by atoms with van der Waals surface area (Å²) in [7, 11) is -2.09. The van der Waals surface area contributed by atoms with Gasteiger partial charge in [-0.25, -0.2) is 0 Å². The molecule has 0 N–H and O–H groups in total. The quantitative estimate of drug-likeness (QED) is 0.133. The highest BCUT2D eigenvalue weighted by Crippen LogP contribution is 2.52. The molecule has 326 valence electrons. The third kappa shape index (κ3) is 7.81. The average Bonchev–Trinajstić information content (AvgIpc) is 3.71. The first-order valence-corrected chi connectivity index (χ1v) is 31.2. The predicted octanol–water partition coefficient (Wildman–Crippen LogP) is 14.7. The van der Waals surface area contributed by atoms with Crippen molar-refractivity contribution in [2.24, 2.45) is 0 Å². The van der Waals surface area contributed by atoms with Gasteiger partial charge in [0.25, 0.3) is 0 Å². The van der Waals surface area contributed by atoms with Crippen LogP contribution in [0.25, 0.3) is 33.4 Å². The maximum atomic E-state index is 12.9. The zero-order chi connectivity index (χ0) is 46.1. The van der Waals surface area contributed by atoms with Crippen molar-refractivity contribution in [3.05, 3.63) is 204 Å². The Morgan fingerprint density at radius 1 is 0.364 bits per heavy atom. The highest BCUT2D eigenvalue weighted by molar-refractivity contribution is 8.57. The average molecular weight is 1010 g/mol. The monoisotopic (exact) mass is 1000 g/mol. The van der Waals surface area contributed by atoms with Crippen LogP contribution in [-0.2, 0) is 79.1 Å². The van der Waals surface area contributed by atoms with Crippen LogP contribution < -0.4 is 20.4 Å². The molecule has 4 nitrogen and oxygen atoms in total. The topological polar surface area (TPSA) is 40.6 Å². The summed E-state index contributed by atoms with van der Waals surface area (Å²) >= 11 is 20.9. The molecule has 2 aliphatic rings. The van der Waals surface area contributed by atoms with Crippen molar-refractivity contribution >= 4 is 117 Å². The van der Waals surface area contributed by atoms with E-state index in [4.69, 9.17) is 44.8 Å². The Labute approximate surface area is 408 Å². The summed E-state index contributed by atoms with van der Waals surface area (Å²) in [6.07, 6.45) is 0. The van der Waals surface area contributed by atoms with Gasteiger partial charge in [0.1, 0.15) is 0 Å². The van der Waals surface area contributed by atoms with Crippen LogP contribution in [0.2, 0.25) is 0 Å². The van der Waals surface area contributed by atoms with Crippen LogP contribution >= 0.6 is 13.2 Å². The normalized spacial score (nSPS) is 14.0. The zero-order valence-corrected chi connectivity index (χ0v) is 43.1. The molecule has 0 aromatic heterocycles. The number of fused-ring (bicyclic) bond motifs is 6. The fourth-order valence-corrected chi connectivity index (χ4v) is 15.8. The Morgan fingerprint density at radius 3 is 0.985 bits per heavy atom. The van der Waals surface area contributed by atoms with E-state index in [0.717, 1.165) is 45.3 Å². The molecular formula is C54H42N2O2P2S6. The molecule has 0 fully saturated rings. The molecule has 0 bridgehead atoms. The van der Waals surface area contributed by atoms with E-state index < -0.39 is 27.5 Å². The van der Waals surface area contributed by atoms with Gasteiger partial charge in [0.2, 0.25) is 0 Å². The van der Waals surface area contributed by atoms with Crippen LogP contribution in [-0.4, -0.2) is 0 Å². The molecule has 0 amide bonds. The molecule has 2 unspecified atom stereocenters. The van der Waals surface area contributed by atoms with Gasteiger partial charge in [-0.15, -0.1) is 0 Å². The van der Waals surface area contributed by atoms with E-state index in [1.165, 1.54) is 44.5 Å². The first kappa shape index (κ1) is 44.7. The van der Waals surface area contributed by atoms with Crippen molar-refractivity contribution in [2.45, 2.75) is 38.5 Å². The zero-order valence-electron chi connectivity index (χ0n) is 36.4. The number of hydrogen-bond donors (Lipinski definition) is 0. The van der Waals surface area contributed by atoms with E-state index in [1.54, 1.807) is 0 Å². The molecule has 66 heavy (non-hydrogen) atoms. The number of rotatable bonds is 9. The van der Waals surface area contributed by atoms with Crippen molar-refractivity contribution in [1.82, 2.24) is 0 Å². The Kier molecular flexibility index (Phi) is 11.9. The smallest absolute Gasteiger partial charge is 0.198 e. The van der Waals surface area contributed by atoms with Gasteiger partial charge < -0.3 is 9.80 Å². The Hall–Kier alpha value is -5.12. The molecule has 0 radical (unpaired) electrons. The molecule has 0 aliphatic heterocycles. The molecule has 0 spiro atoms. The van der Waals surface area contributed by atoms with Gasteiger partial charge in [-0.05, 0) is 212 Å². The number of anilines is 6. The summed E-state index contributed by atoms with van der Waals surface area (Å²) in [5.41, 5.74) is 18.0. The standard InChI is InChI=1S/C54H42N2O2P2S6/c1-53(2)49-11-7-5-9-45(49)47-31-25-41(33-51(47)53)55(39-21-27-43(28-22-39)59(57)65(61)62)37-17-13-35(14-18-37)36-15-19-38(20-16-36)56(40-23-29-44(30-24-40)60(58)66(63)64)42-26-32-48-46-10-6-8-12-50(46)54(3,4)52(48)34-42/h5-34H,1-4H3. The van der Waals surface area contributed by atoms with Gasteiger partial charge in [-0.2, -0.15) is 0 Å². The van der Waals surface area contributed by atoms with Crippen molar-refractivity contribution in [2.75, 3.05) is 9.80 Å². The van der Waals surface area contributed by atoms with Crippen LogP contribution in [0.15, 0.2) is 182 Å². The highest BCUT2D eigenvalue weighted by atomic mass is 33.2. The molecule has 2 atom stereocenters. The molecule has 10 rings (SSSR count). The molecular weight excluding hydrogens is 963 g/mol. The lowest BCUT2D eigenvalue weighted by molar-refractivity contribution is 0.601. The largest absolute Gasteiger partial charge is 0.310 e. The van der Waals surface area contributed by atoms with Crippen LogP contribution in [0, 0.1) is 0 Å². The molecule has 0 saturated heterocycles. The lowest BCUT2D eigenvalue weighted by Gasteiger charge is -2.28. The fraction of sp³-hybridized carbons (Fsp3) is 0.111. The van der Waals surface area contributed by atoms with E-state index in [9.17, 15) is 9.13 Å². The molecule has 8 aromatic rings.